The molecular formula is C13H15N3O2. The van der Waals surface area contributed by atoms with Crippen molar-refractivity contribution in [2.75, 3.05) is 12.4 Å². The van der Waals surface area contributed by atoms with Crippen LogP contribution in [0.15, 0.2) is 30.7 Å². The molecule has 1 aliphatic heterocycles. The third-order valence-electron chi connectivity index (χ3n) is 2.83. The van der Waals surface area contributed by atoms with Gasteiger partial charge in [-0.15, -0.1) is 0 Å². The Hall–Kier alpha value is -2.56. The van der Waals surface area contributed by atoms with E-state index in [0.29, 0.717) is 5.57 Å². The highest BCUT2D eigenvalue weighted by Gasteiger charge is 2.24. The van der Waals surface area contributed by atoms with Crippen LogP contribution in [0.25, 0.3) is 11.6 Å². The summed E-state index contributed by atoms with van der Waals surface area (Å²) in [6, 6.07) is 5.49. The first-order valence-corrected chi connectivity index (χ1v) is 5.48. The molecule has 1 aromatic heterocycles. The van der Waals surface area contributed by atoms with Crippen molar-refractivity contribution in [2.45, 2.75) is 0 Å². The number of carbonyl (C=O) groups is 1. The number of anilines is 1. The van der Waals surface area contributed by atoms with Crippen molar-refractivity contribution in [2.24, 2.45) is 0 Å². The molecule has 0 atom stereocenters. The Morgan fingerprint density at radius 3 is 3.06 bits per heavy atom. The van der Waals surface area contributed by atoms with Crippen LogP contribution in [0.5, 0.6) is 5.75 Å². The standard InChI is InChI=1S/C13H11N3O2.2H2/c1-18-9-2-3-12-10(5-9)11(13(17)16-12)4-8-6-14-7-15-8;;/h2-7H,1H3,(H,14,15)(H,16,17);2*1H/b11-4-;;. The molecule has 0 spiro atoms. The molecule has 0 bridgehead atoms. The number of aromatic amines is 1. The summed E-state index contributed by atoms with van der Waals surface area (Å²) in [6.07, 6.45) is 5.01. The van der Waals surface area contributed by atoms with Crippen molar-refractivity contribution < 1.29 is 12.4 Å². The number of nitrogens with zero attached hydrogens (tertiary/aromatic N) is 1. The Morgan fingerprint density at radius 2 is 2.33 bits per heavy atom. The van der Waals surface area contributed by atoms with E-state index in [0.717, 1.165) is 22.7 Å². The second-order valence-corrected chi connectivity index (χ2v) is 3.93. The lowest BCUT2D eigenvalue weighted by atomic mass is 10.1. The highest BCUT2D eigenvalue weighted by atomic mass is 16.5. The topological polar surface area (TPSA) is 67.0 Å². The number of ether oxygens (including phenoxy) is 1. The van der Waals surface area contributed by atoms with Crippen molar-refractivity contribution >= 4 is 23.2 Å². The molecule has 3 rings (SSSR count). The predicted octanol–water partition coefficient (Wildman–Crippen LogP) is 2.40. The molecule has 94 valence electrons. The van der Waals surface area contributed by atoms with E-state index in [1.165, 1.54) is 0 Å². The summed E-state index contributed by atoms with van der Waals surface area (Å²) < 4.78 is 5.17. The van der Waals surface area contributed by atoms with Gasteiger partial charge in [0.25, 0.3) is 5.91 Å². The first-order chi connectivity index (χ1) is 8.78. The molecule has 0 fully saturated rings. The Balaban J connectivity index is 0.000001000. The lowest BCUT2D eigenvalue weighted by molar-refractivity contribution is -0.110. The molecule has 5 nitrogen and oxygen atoms in total. The monoisotopic (exact) mass is 245 g/mol. The van der Waals surface area contributed by atoms with Crippen LogP contribution in [0.4, 0.5) is 5.69 Å². The maximum Gasteiger partial charge on any atom is 0.256 e. The summed E-state index contributed by atoms with van der Waals surface area (Å²) in [6.45, 7) is 0. The zero-order chi connectivity index (χ0) is 12.5. The second-order valence-electron chi connectivity index (χ2n) is 3.93. The number of H-pyrrole nitrogens is 1. The lowest BCUT2D eigenvalue weighted by Crippen LogP contribution is -2.03. The largest absolute Gasteiger partial charge is 0.497 e. The Bertz CT molecular complexity index is 639. The molecule has 0 radical (unpaired) electrons. The third kappa shape index (κ3) is 1.66. The average molecular weight is 245 g/mol. The molecule has 0 saturated heterocycles. The predicted molar refractivity (Wildman–Crippen MR) is 72.3 cm³/mol. The number of methoxy groups -OCH3 is 1. The lowest BCUT2D eigenvalue weighted by Gasteiger charge is -2.02. The number of nitrogens with one attached hydrogen (secondary N) is 2. The molecule has 0 unspecified atom stereocenters. The molecule has 1 aromatic carbocycles. The Labute approximate surface area is 106 Å². The third-order valence-corrected chi connectivity index (χ3v) is 2.83. The van der Waals surface area contributed by atoms with Gasteiger partial charge in [0.1, 0.15) is 5.75 Å². The fraction of sp³-hybridized carbons (Fsp3) is 0.0769. The number of carbonyl (C=O) groups excluding carboxylic acids is 1. The minimum absolute atomic E-state index is 0. The summed E-state index contributed by atoms with van der Waals surface area (Å²) in [5.74, 6) is 0.605. The van der Waals surface area contributed by atoms with Crippen LogP contribution < -0.4 is 10.1 Å². The van der Waals surface area contributed by atoms with E-state index < -0.39 is 0 Å². The zero-order valence-electron chi connectivity index (χ0n) is 9.73. The van der Waals surface area contributed by atoms with E-state index in [9.17, 15) is 4.79 Å². The highest BCUT2D eigenvalue weighted by Crippen LogP contribution is 2.35. The van der Waals surface area contributed by atoms with Crippen LogP contribution >= 0.6 is 0 Å². The van der Waals surface area contributed by atoms with E-state index in [4.69, 9.17) is 4.74 Å². The fourth-order valence-electron chi connectivity index (χ4n) is 1.94. The maximum absolute atomic E-state index is 11.9. The van der Waals surface area contributed by atoms with Gasteiger partial charge in [0.2, 0.25) is 0 Å². The van der Waals surface area contributed by atoms with E-state index >= 15 is 0 Å². The number of hydrogen-bond donors (Lipinski definition) is 2. The van der Waals surface area contributed by atoms with Crippen LogP contribution in [-0.4, -0.2) is 23.0 Å². The molecule has 0 aliphatic carbocycles. The molecule has 0 saturated carbocycles. The van der Waals surface area contributed by atoms with Crippen LogP contribution in [0.2, 0.25) is 0 Å². The van der Waals surface area contributed by atoms with Gasteiger partial charge in [0.15, 0.2) is 0 Å². The van der Waals surface area contributed by atoms with Crippen molar-refractivity contribution in [1.82, 2.24) is 9.97 Å². The van der Waals surface area contributed by atoms with Gasteiger partial charge in [0.05, 0.1) is 30.9 Å². The van der Waals surface area contributed by atoms with Gasteiger partial charge in [-0.05, 0) is 24.3 Å². The smallest absolute Gasteiger partial charge is 0.256 e. The van der Waals surface area contributed by atoms with Gasteiger partial charge in [-0.2, -0.15) is 0 Å². The highest BCUT2D eigenvalue weighted by molar-refractivity contribution is 6.34. The van der Waals surface area contributed by atoms with Crippen LogP contribution in [-0.2, 0) is 4.79 Å². The first kappa shape index (κ1) is 10.6. The number of imidazole rings is 1. The zero-order valence-corrected chi connectivity index (χ0v) is 9.73. The number of rotatable bonds is 2. The number of hydrogen-bond acceptors (Lipinski definition) is 3. The quantitative estimate of drug-likeness (QED) is 0.798. The second kappa shape index (κ2) is 4.03. The molecule has 2 heterocycles. The average Bonchev–Trinajstić information content (AvgIpc) is 2.99. The summed E-state index contributed by atoms with van der Waals surface area (Å²) in [4.78, 5) is 18.8. The van der Waals surface area contributed by atoms with Crippen molar-refractivity contribution in [3.05, 3.63) is 42.0 Å². The molecule has 2 N–H and O–H groups in total. The van der Waals surface area contributed by atoms with Crippen LogP contribution in [0.1, 0.15) is 14.1 Å². The minimum Gasteiger partial charge on any atom is -0.497 e. The maximum atomic E-state index is 11.9. The Morgan fingerprint density at radius 1 is 1.44 bits per heavy atom. The Kier molecular flexibility index (Phi) is 2.37. The normalized spacial score (nSPS) is 15.6. The molecule has 5 heteroatoms. The van der Waals surface area contributed by atoms with Gasteiger partial charge in [-0.1, -0.05) is 0 Å². The number of benzene rings is 1. The van der Waals surface area contributed by atoms with E-state index in [1.54, 1.807) is 25.7 Å². The number of fused-ring (bicyclic) bond motifs is 1. The minimum atomic E-state index is -0.118. The summed E-state index contributed by atoms with van der Waals surface area (Å²) in [5, 5.41) is 2.81. The van der Waals surface area contributed by atoms with Gasteiger partial charge >= 0.3 is 0 Å². The number of aromatic nitrogens is 2. The van der Waals surface area contributed by atoms with Crippen LogP contribution in [0, 0.1) is 0 Å². The fourth-order valence-corrected chi connectivity index (χ4v) is 1.94. The summed E-state index contributed by atoms with van der Waals surface area (Å²) in [7, 11) is 1.60. The molecule has 1 amide bonds. The van der Waals surface area contributed by atoms with E-state index in [1.807, 2.05) is 18.2 Å². The summed E-state index contributed by atoms with van der Waals surface area (Å²) in [5.41, 5.74) is 3.03. The SMILES string of the molecule is COc1ccc2c(c1)/C(=C/c1cnc[nH]1)C(=O)N2.[HH].[HH]. The molecular weight excluding hydrogens is 230 g/mol. The van der Waals surface area contributed by atoms with E-state index in [-0.39, 0.29) is 8.76 Å². The molecule has 18 heavy (non-hydrogen) atoms. The molecule has 1 aliphatic rings. The van der Waals surface area contributed by atoms with Gasteiger partial charge < -0.3 is 15.0 Å². The van der Waals surface area contributed by atoms with Crippen LogP contribution in [0.3, 0.4) is 0 Å². The van der Waals surface area contributed by atoms with Gasteiger partial charge in [0, 0.05) is 14.1 Å². The van der Waals surface area contributed by atoms with E-state index in [2.05, 4.69) is 15.3 Å². The van der Waals surface area contributed by atoms with Crippen molar-refractivity contribution in [1.29, 1.82) is 0 Å². The molecule has 2 aromatic rings. The van der Waals surface area contributed by atoms with Gasteiger partial charge in [-0.3, -0.25) is 4.79 Å². The first-order valence-electron chi connectivity index (χ1n) is 5.48. The van der Waals surface area contributed by atoms with Crippen molar-refractivity contribution in [3.8, 4) is 5.75 Å². The number of amides is 1. The van der Waals surface area contributed by atoms with Crippen molar-refractivity contribution in [3.63, 3.8) is 0 Å². The summed E-state index contributed by atoms with van der Waals surface area (Å²) >= 11 is 0. The van der Waals surface area contributed by atoms with Gasteiger partial charge in [-0.25, -0.2) is 4.98 Å².